The van der Waals surface area contributed by atoms with E-state index in [9.17, 15) is 24.0 Å². The Kier molecular flexibility index (Phi) is 11.4. The zero-order valence-corrected chi connectivity index (χ0v) is 22.2. The van der Waals surface area contributed by atoms with Gasteiger partial charge < -0.3 is 21.3 Å². The highest BCUT2D eigenvalue weighted by molar-refractivity contribution is 6.38. The third-order valence-electron chi connectivity index (χ3n) is 6.50. The van der Waals surface area contributed by atoms with E-state index >= 15 is 0 Å². The zero-order valence-electron chi connectivity index (χ0n) is 22.2. The number of Topliss-reactive ketones (excluding diaryl/α,β-unsaturated/α-hetero) is 1. The fourth-order valence-electron chi connectivity index (χ4n) is 4.30. The van der Waals surface area contributed by atoms with Crippen molar-refractivity contribution in [2.24, 2.45) is 5.92 Å². The summed E-state index contributed by atoms with van der Waals surface area (Å²) in [6.45, 7) is 2.78. The van der Waals surface area contributed by atoms with Gasteiger partial charge in [-0.2, -0.15) is 0 Å². The predicted molar refractivity (Wildman–Crippen MR) is 148 cm³/mol. The Morgan fingerprint density at radius 2 is 1.67 bits per heavy atom. The van der Waals surface area contributed by atoms with Gasteiger partial charge in [0.2, 0.25) is 23.5 Å². The number of ketones is 1. The van der Waals surface area contributed by atoms with Crippen LogP contribution in [0.4, 0.5) is 0 Å². The minimum Gasteiger partial charge on any atom is -0.356 e. The van der Waals surface area contributed by atoms with Crippen LogP contribution >= 0.6 is 0 Å². The molecule has 0 bridgehead atoms. The van der Waals surface area contributed by atoms with Gasteiger partial charge in [0.1, 0.15) is 6.04 Å². The van der Waals surface area contributed by atoms with Crippen molar-refractivity contribution < 1.29 is 24.0 Å². The maximum atomic E-state index is 13.5. The van der Waals surface area contributed by atoms with Crippen molar-refractivity contribution in [1.29, 1.82) is 0 Å². The maximum Gasteiger partial charge on any atom is 0.289 e. The molecule has 1 fully saturated rings. The number of hydrogen-bond acceptors (Lipinski definition) is 5. The molecule has 9 heteroatoms. The summed E-state index contributed by atoms with van der Waals surface area (Å²) < 4.78 is 0. The van der Waals surface area contributed by atoms with Gasteiger partial charge in [0.05, 0.1) is 6.04 Å². The minimum atomic E-state index is -1.21. The molecule has 4 N–H and O–H groups in total. The molecule has 0 spiro atoms. The smallest absolute Gasteiger partial charge is 0.289 e. The summed E-state index contributed by atoms with van der Waals surface area (Å²) in [7, 11) is 0. The van der Waals surface area contributed by atoms with Gasteiger partial charge in [-0.15, -0.1) is 0 Å². The molecule has 0 unspecified atom stereocenters. The quantitative estimate of drug-likeness (QED) is 0.168. The van der Waals surface area contributed by atoms with E-state index in [1.54, 1.807) is 6.08 Å². The van der Waals surface area contributed by atoms with E-state index in [0.29, 0.717) is 25.9 Å². The standard InChI is InChI=1S/C30H36N4O5/c1-2-3-17-31-30(39)27(36)24(20-23-16-18-32-28(23)37)34-29(38)25(19-22-12-8-5-9-13-22)33-26(35)15-14-21-10-6-4-7-11-21/h4-15,23-25H,2-3,16-20H2,1H3,(H,31,39)(H,32,37)(H,33,35)(H,34,38)/b15-14+/t23-,24-,25-/m0/s1. The second-order valence-electron chi connectivity index (χ2n) is 9.54. The molecule has 9 nitrogen and oxygen atoms in total. The van der Waals surface area contributed by atoms with E-state index in [4.69, 9.17) is 0 Å². The summed E-state index contributed by atoms with van der Waals surface area (Å²) in [5.41, 5.74) is 1.63. The second-order valence-corrected chi connectivity index (χ2v) is 9.54. The number of nitrogens with one attached hydrogen (secondary N) is 4. The molecule has 0 aliphatic carbocycles. The Hall–Kier alpha value is -4.27. The summed E-state index contributed by atoms with van der Waals surface area (Å²) in [6, 6.07) is 16.2. The van der Waals surface area contributed by atoms with Crippen LogP contribution in [0.5, 0.6) is 0 Å². The molecule has 1 aliphatic heterocycles. The average molecular weight is 533 g/mol. The van der Waals surface area contributed by atoms with Crippen LogP contribution in [0, 0.1) is 5.92 Å². The zero-order chi connectivity index (χ0) is 28.0. The first-order valence-corrected chi connectivity index (χ1v) is 13.3. The molecule has 1 heterocycles. The molecular formula is C30H36N4O5. The number of carbonyl (C=O) groups excluding carboxylic acids is 5. The fraction of sp³-hybridized carbons (Fsp3) is 0.367. The largest absolute Gasteiger partial charge is 0.356 e. The first kappa shape index (κ1) is 29.3. The van der Waals surface area contributed by atoms with Gasteiger partial charge in [-0.1, -0.05) is 74.0 Å². The molecular weight excluding hydrogens is 496 g/mol. The van der Waals surface area contributed by atoms with Crippen molar-refractivity contribution >= 4 is 35.5 Å². The van der Waals surface area contributed by atoms with Crippen molar-refractivity contribution in [3.63, 3.8) is 0 Å². The van der Waals surface area contributed by atoms with Gasteiger partial charge in [0.15, 0.2) is 0 Å². The average Bonchev–Trinajstić information content (AvgIpc) is 3.35. The second kappa shape index (κ2) is 15.2. The summed E-state index contributed by atoms with van der Waals surface area (Å²) in [5, 5.41) is 10.7. The van der Waals surface area contributed by atoms with Crippen LogP contribution in [0.2, 0.25) is 0 Å². The Labute approximate surface area is 228 Å². The Bertz CT molecular complexity index is 1170. The van der Waals surface area contributed by atoms with Crippen molar-refractivity contribution in [2.75, 3.05) is 13.1 Å². The van der Waals surface area contributed by atoms with Gasteiger partial charge in [-0.25, -0.2) is 0 Å². The molecule has 206 valence electrons. The molecule has 3 atom stereocenters. The number of benzene rings is 2. The monoisotopic (exact) mass is 532 g/mol. The van der Waals surface area contributed by atoms with Crippen molar-refractivity contribution in [2.45, 2.75) is 51.1 Å². The van der Waals surface area contributed by atoms with Gasteiger partial charge in [-0.05, 0) is 36.5 Å². The molecule has 0 aromatic heterocycles. The Balaban J connectivity index is 1.77. The van der Waals surface area contributed by atoms with Crippen molar-refractivity contribution in [1.82, 2.24) is 21.3 Å². The summed E-state index contributed by atoms with van der Waals surface area (Å²) in [6.07, 6.45) is 5.21. The van der Waals surface area contributed by atoms with Crippen LogP contribution in [0.1, 0.15) is 43.7 Å². The fourth-order valence-corrected chi connectivity index (χ4v) is 4.30. The van der Waals surface area contributed by atoms with E-state index in [0.717, 1.165) is 17.5 Å². The van der Waals surface area contributed by atoms with Gasteiger partial charge >= 0.3 is 0 Å². The molecule has 0 saturated carbocycles. The number of carbonyl (C=O) groups is 5. The van der Waals surface area contributed by atoms with Gasteiger partial charge in [0.25, 0.3) is 5.91 Å². The summed E-state index contributed by atoms with van der Waals surface area (Å²) >= 11 is 0. The molecule has 4 amide bonds. The lowest BCUT2D eigenvalue weighted by atomic mass is 9.94. The van der Waals surface area contributed by atoms with Gasteiger partial charge in [0, 0.05) is 31.5 Å². The number of hydrogen-bond donors (Lipinski definition) is 4. The highest BCUT2D eigenvalue weighted by atomic mass is 16.2. The lowest BCUT2D eigenvalue weighted by molar-refractivity contribution is -0.141. The van der Waals surface area contributed by atoms with Gasteiger partial charge in [-0.3, -0.25) is 24.0 Å². The SMILES string of the molecule is CCCCNC(=O)C(=O)[C@H](C[C@@H]1CCNC1=O)NC(=O)[C@H](Cc1ccccc1)NC(=O)/C=C/c1ccccc1. The Morgan fingerprint density at radius 1 is 0.974 bits per heavy atom. The first-order chi connectivity index (χ1) is 18.9. The van der Waals surface area contributed by atoms with Crippen molar-refractivity contribution in [3.05, 3.63) is 77.9 Å². The van der Waals surface area contributed by atoms with Crippen LogP contribution < -0.4 is 21.3 Å². The maximum absolute atomic E-state index is 13.5. The van der Waals surface area contributed by atoms with E-state index in [-0.39, 0.29) is 18.7 Å². The highest BCUT2D eigenvalue weighted by Gasteiger charge is 2.35. The van der Waals surface area contributed by atoms with Crippen molar-refractivity contribution in [3.8, 4) is 0 Å². The van der Waals surface area contributed by atoms with E-state index in [1.165, 1.54) is 6.08 Å². The molecule has 39 heavy (non-hydrogen) atoms. The number of rotatable bonds is 14. The lowest BCUT2D eigenvalue weighted by Gasteiger charge is -2.24. The molecule has 0 radical (unpaired) electrons. The topological polar surface area (TPSA) is 133 Å². The molecule has 2 aromatic carbocycles. The third-order valence-corrected chi connectivity index (χ3v) is 6.50. The van der Waals surface area contributed by atoms with Crippen LogP contribution in [0.15, 0.2) is 66.7 Å². The lowest BCUT2D eigenvalue weighted by Crippen LogP contribution is -2.55. The highest BCUT2D eigenvalue weighted by Crippen LogP contribution is 2.17. The van der Waals surface area contributed by atoms with Crippen LogP contribution in [-0.4, -0.2) is 54.6 Å². The molecule has 1 saturated heterocycles. The van der Waals surface area contributed by atoms with Crippen LogP contribution in [0.25, 0.3) is 6.08 Å². The first-order valence-electron chi connectivity index (χ1n) is 13.3. The van der Waals surface area contributed by atoms with Crippen LogP contribution in [-0.2, 0) is 30.4 Å². The molecule has 3 rings (SSSR count). The van der Waals surface area contributed by atoms with E-state index in [2.05, 4.69) is 21.3 Å². The van der Waals surface area contributed by atoms with Crippen LogP contribution in [0.3, 0.4) is 0 Å². The predicted octanol–water partition coefficient (Wildman–Crippen LogP) is 1.92. The number of amides is 4. The Morgan fingerprint density at radius 3 is 2.31 bits per heavy atom. The third kappa shape index (κ3) is 9.52. The van der Waals surface area contributed by atoms with E-state index < -0.39 is 41.5 Å². The molecule has 2 aromatic rings. The minimum absolute atomic E-state index is 0.00246. The van der Waals surface area contributed by atoms with E-state index in [1.807, 2.05) is 67.6 Å². The number of unbranched alkanes of at least 4 members (excludes halogenated alkanes) is 1. The summed E-state index contributed by atoms with van der Waals surface area (Å²) in [5.74, 6) is -3.43. The normalized spacial score (nSPS) is 16.2. The molecule has 1 aliphatic rings. The summed E-state index contributed by atoms with van der Waals surface area (Å²) in [4.78, 5) is 64.1.